The SMILES string of the molecule is CC(C)(C)c1ccc(N(c2ccc(C(C)(C)C)cc2)c2ccc3cc4c(cc3c2)oc2c4cc(-c3ccccc3)c3oc4cc5cc(N(c6ccc(C(C)(C)C)cc6)c6ccc(C(C)(C)C)cc6)ccc5cc4c32)cc1. The number of rotatable bonds is 7. The fourth-order valence-corrected chi connectivity index (χ4v) is 11.1. The molecule has 0 N–H and O–H groups in total. The number of fused-ring (bicyclic) bond motifs is 9. The molecule has 0 saturated heterocycles. The molecule has 0 aliphatic rings. The summed E-state index contributed by atoms with van der Waals surface area (Å²) in [4.78, 5) is 4.74. The van der Waals surface area contributed by atoms with E-state index >= 15 is 0 Å². The van der Waals surface area contributed by atoms with E-state index in [-0.39, 0.29) is 21.7 Å². The molecule has 0 aliphatic heterocycles. The van der Waals surface area contributed by atoms with Gasteiger partial charge in [-0.1, -0.05) is 174 Å². The largest absolute Gasteiger partial charge is 0.455 e. The first-order valence-corrected chi connectivity index (χ1v) is 27.0. The number of nitrogens with zero attached hydrogens (tertiary/aromatic N) is 2. The van der Waals surface area contributed by atoms with E-state index in [1.807, 2.05) is 0 Å². The van der Waals surface area contributed by atoms with Gasteiger partial charge in [-0.15, -0.1) is 0 Å². The maximum Gasteiger partial charge on any atom is 0.147 e. The molecule has 0 saturated carbocycles. The lowest BCUT2D eigenvalue weighted by Crippen LogP contribution is -2.14. The summed E-state index contributed by atoms with van der Waals surface area (Å²) in [7, 11) is 0. The predicted octanol–water partition coefficient (Wildman–Crippen LogP) is 21.6. The van der Waals surface area contributed by atoms with Crippen LogP contribution in [0.4, 0.5) is 34.1 Å². The second-order valence-electron chi connectivity index (χ2n) is 25.2. The van der Waals surface area contributed by atoms with Crippen molar-refractivity contribution >= 4 is 99.5 Å². The zero-order valence-corrected chi connectivity index (χ0v) is 46.2. The summed E-state index contributed by atoms with van der Waals surface area (Å²) in [6.07, 6.45) is 0. The summed E-state index contributed by atoms with van der Waals surface area (Å²) in [5.41, 5.74) is 17.5. The van der Waals surface area contributed by atoms with E-state index in [2.05, 4.69) is 287 Å². The third-order valence-corrected chi connectivity index (χ3v) is 15.6. The van der Waals surface area contributed by atoms with Crippen molar-refractivity contribution in [3.8, 4) is 11.1 Å². The monoisotopic (exact) mass is 993 g/mol. The van der Waals surface area contributed by atoms with Gasteiger partial charge in [-0.2, -0.15) is 0 Å². The Morgan fingerprint density at radius 1 is 0.289 bits per heavy atom. The third kappa shape index (κ3) is 8.78. The van der Waals surface area contributed by atoms with Crippen molar-refractivity contribution in [2.75, 3.05) is 9.80 Å². The van der Waals surface area contributed by atoms with Crippen molar-refractivity contribution in [2.45, 2.75) is 105 Å². The van der Waals surface area contributed by atoms with Gasteiger partial charge in [0.15, 0.2) is 0 Å². The highest BCUT2D eigenvalue weighted by atomic mass is 16.3. The van der Waals surface area contributed by atoms with Crippen LogP contribution in [0.3, 0.4) is 0 Å². The molecule has 0 radical (unpaired) electrons. The highest BCUT2D eigenvalue weighted by Crippen LogP contribution is 2.48. The first-order valence-electron chi connectivity index (χ1n) is 27.0. The molecule has 12 aromatic rings. The third-order valence-electron chi connectivity index (χ3n) is 15.6. The Kier molecular flexibility index (Phi) is 11.4. The minimum Gasteiger partial charge on any atom is -0.455 e. The maximum atomic E-state index is 7.13. The molecule has 0 bridgehead atoms. The van der Waals surface area contributed by atoms with Gasteiger partial charge in [0.1, 0.15) is 22.3 Å². The minimum absolute atomic E-state index is 0.0495. The summed E-state index contributed by atoms with van der Waals surface area (Å²) < 4.78 is 14.2. The number of hydrogen-bond acceptors (Lipinski definition) is 4. The Hall–Kier alpha value is -8.08. The van der Waals surface area contributed by atoms with Crippen LogP contribution in [0, 0.1) is 0 Å². The quantitative estimate of drug-likeness (QED) is 0.159. The van der Waals surface area contributed by atoms with Crippen LogP contribution in [0.15, 0.2) is 203 Å². The molecular weight excluding hydrogens is 925 g/mol. The van der Waals surface area contributed by atoms with Crippen molar-refractivity contribution < 1.29 is 8.83 Å². The van der Waals surface area contributed by atoms with Crippen LogP contribution < -0.4 is 9.80 Å². The van der Waals surface area contributed by atoms with E-state index in [4.69, 9.17) is 8.83 Å². The first kappa shape index (κ1) is 48.8. The van der Waals surface area contributed by atoms with Gasteiger partial charge >= 0.3 is 0 Å². The average molecular weight is 993 g/mol. The maximum absolute atomic E-state index is 7.13. The van der Waals surface area contributed by atoms with Gasteiger partial charge in [0.05, 0.1) is 5.39 Å². The van der Waals surface area contributed by atoms with Crippen molar-refractivity contribution in [3.63, 3.8) is 0 Å². The summed E-state index contributed by atoms with van der Waals surface area (Å²) in [5, 5.41) is 8.64. The molecule has 2 aromatic heterocycles. The van der Waals surface area contributed by atoms with Gasteiger partial charge in [0, 0.05) is 55.8 Å². The van der Waals surface area contributed by atoms with E-state index in [0.29, 0.717) is 0 Å². The molecule has 0 aliphatic carbocycles. The minimum atomic E-state index is 0.0495. The molecule has 378 valence electrons. The predicted molar refractivity (Wildman–Crippen MR) is 326 cm³/mol. The Morgan fingerprint density at radius 3 is 1.04 bits per heavy atom. The second-order valence-corrected chi connectivity index (χ2v) is 25.2. The van der Waals surface area contributed by atoms with Gasteiger partial charge in [-0.05, 0) is 174 Å². The van der Waals surface area contributed by atoms with Gasteiger partial charge in [0.25, 0.3) is 0 Å². The zero-order valence-electron chi connectivity index (χ0n) is 46.2. The Labute approximate surface area is 448 Å². The first-order chi connectivity index (χ1) is 36.2. The highest BCUT2D eigenvalue weighted by molar-refractivity contribution is 6.27. The van der Waals surface area contributed by atoms with E-state index in [9.17, 15) is 0 Å². The van der Waals surface area contributed by atoms with Gasteiger partial charge < -0.3 is 18.6 Å². The van der Waals surface area contributed by atoms with Crippen LogP contribution in [-0.2, 0) is 21.7 Å². The van der Waals surface area contributed by atoms with Gasteiger partial charge in [-0.25, -0.2) is 0 Å². The molecule has 10 aromatic carbocycles. The van der Waals surface area contributed by atoms with Crippen molar-refractivity contribution in [3.05, 3.63) is 216 Å². The molecule has 0 amide bonds. The number of furan rings is 2. The van der Waals surface area contributed by atoms with Crippen LogP contribution >= 0.6 is 0 Å². The molecular formula is C72H68N2O2. The average Bonchev–Trinajstić information content (AvgIpc) is 3.96. The fourth-order valence-electron chi connectivity index (χ4n) is 11.1. The Balaban J connectivity index is 1.01. The summed E-state index contributed by atoms with van der Waals surface area (Å²) in [6, 6.07) is 71.7. The molecule has 0 spiro atoms. The van der Waals surface area contributed by atoms with Crippen molar-refractivity contribution in [1.29, 1.82) is 0 Å². The summed E-state index contributed by atoms with van der Waals surface area (Å²) >= 11 is 0. The van der Waals surface area contributed by atoms with E-state index < -0.39 is 0 Å². The Bertz CT molecular complexity index is 4030. The van der Waals surface area contributed by atoms with E-state index in [1.165, 1.54) is 22.3 Å². The van der Waals surface area contributed by atoms with Gasteiger partial charge in [0.2, 0.25) is 0 Å². The van der Waals surface area contributed by atoms with Crippen molar-refractivity contribution in [1.82, 2.24) is 0 Å². The lowest BCUT2D eigenvalue weighted by atomic mass is 9.86. The molecule has 76 heavy (non-hydrogen) atoms. The van der Waals surface area contributed by atoms with E-state index in [1.54, 1.807) is 0 Å². The normalized spacial score (nSPS) is 12.7. The summed E-state index contributed by atoms with van der Waals surface area (Å²) in [5.74, 6) is 0. The van der Waals surface area contributed by atoms with Crippen LogP contribution in [0.5, 0.6) is 0 Å². The Morgan fingerprint density at radius 2 is 0.645 bits per heavy atom. The summed E-state index contributed by atoms with van der Waals surface area (Å²) in [6.45, 7) is 27.2. The molecule has 4 heteroatoms. The fraction of sp³-hybridized carbons (Fsp3) is 0.222. The standard InChI is InChI=1S/C72H68N2O2/c1-69(2,3)50-20-30-54(31-21-50)73(55-32-22-51(23-33-55)70(4,5)6)58-28-18-46-40-61-62-44-60(45-16-14-13-15-17-45)67-66(68(62)75-64(61)42-48(46)38-58)63-41-47-19-29-59(39-49(47)43-65(63)76-67)74(56-34-24-52(25-35-56)71(7,8)9)57-36-26-53(27-37-57)72(10,11)12/h13-44H,1-12H3. The van der Waals surface area contributed by atoms with Crippen molar-refractivity contribution in [2.24, 2.45) is 0 Å². The zero-order chi connectivity index (χ0) is 53.1. The molecule has 12 rings (SSSR count). The van der Waals surface area contributed by atoms with Crippen LogP contribution in [-0.4, -0.2) is 0 Å². The topological polar surface area (TPSA) is 32.8 Å². The molecule has 2 heterocycles. The molecule has 4 nitrogen and oxygen atoms in total. The van der Waals surface area contributed by atoms with Crippen LogP contribution in [0.25, 0.3) is 76.5 Å². The molecule has 0 unspecified atom stereocenters. The van der Waals surface area contributed by atoms with E-state index in [0.717, 1.165) is 111 Å². The lowest BCUT2D eigenvalue weighted by molar-refractivity contribution is 0.590. The highest BCUT2D eigenvalue weighted by Gasteiger charge is 2.25. The number of benzene rings is 10. The van der Waals surface area contributed by atoms with Crippen LogP contribution in [0.2, 0.25) is 0 Å². The number of anilines is 6. The molecule has 0 fully saturated rings. The second kappa shape index (κ2) is 17.8. The lowest BCUT2D eigenvalue weighted by Gasteiger charge is -2.28. The number of hydrogen-bond donors (Lipinski definition) is 0. The smallest absolute Gasteiger partial charge is 0.147 e. The molecule has 0 atom stereocenters. The van der Waals surface area contributed by atoms with Gasteiger partial charge in [-0.3, -0.25) is 0 Å². The van der Waals surface area contributed by atoms with Crippen LogP contribution in [0.1, 0.15) is 105 Å².